The SMILES string of the molecule is Nc1ccc2nc(-c3cn[nH]c3-c3ccccc3)c3c(c2c1C=[NH2+])CCCC3. The van der Waals surface area contributed by atoms with Crippen LogP contribution in [0.4, 0.5) is 5.69 Å². The van der Waals surface area contributed by atoms with Crippen molar-refractivity contribution >= 4 is 22.8 Å². The summed E-state index contributed by atoms with van der Waals surface area (Å²) in [6.45, 7) is 0. The van der Waals surface area contributed by atoms with Crippen LogP contribution in [0.2, 0.25) is 0 Å². The van der Waals surface area contributed by atoms with Gasteiger partial charge in [-0.05, 0) is 48.9 Å². The number of pyridine rings is 1. The Kier molecular flexibility index (Phi) is 3.93. The number of nitrogen functional groups attached to an aromatic ring is 1. The summed E-state index contributed by atoms with van der Waals surface area (Å²) in [5.74, 6) is 0. The van der Waals surface area contributed by atoms with Gasteiger partial charge in [-0.1, -0.05) is 30.3 Å². The van der Waals surface area contributed by atoms with Gasteiger partial charge in [0.05, 0.1) is 28.7 Å². The van der Waals surface area contributed by atoms with Crippen LogP contribution in [0.1, 0.15) is 29.5 Å². The van der Waals surface area contributed by atoms with Gasteiger partial charge in [-0.3, -0.25) is 10.5 Å². The van der Waals surface area contributed by atoms with Gasteiger partial charge in [0.1, 0.15) is 0 Å². The molecule has 4 aromatic rings. The van der Waals surface area contributed by atoms with Crippen molar-refractivity contribution in [3.8, 4) is 22.5 Å². The molecule has 0 amide bonds. The number of aromatic amines is 1. The normalized spacial score (nSPS) is 13.4. The Hall–Kier alpha value is -3.47. The Bertz CT molecular complexity index is 1190. The van der Waals surface area contributed by atoms with E-state index >= 15 is 0 Å². The van der Waals surface area contributed by atoms with Crippen LogP contribution in [0.3, 0.4) is 0 Å². The smallest absolute Gasteiger partial charge is 0.170 e. The third-order valence-corrected chi connectivity index (χ3v) is 5.67. The van der Waals surface area contributed by atoms with E-state index in [-0.39, 0.29) is 0 Å². The summed E-state index contributed by atoms with van der Waals surface area (Å²) in [5.41, 5.74) is 15.5. The highest BCUT2D eigenvalue weighted by molar-refractivity contribution is 6.05. The molecule has 0 bridgehead atoms. The Labute approximate surface area is 163 Å². The number of benzene rings is 2. The average molecular weight is 368 g/mol. The summed E-state index contributed by atoms with van der Waals surface area (Å²) in [6.07, 6.45) is 7.85. The number of nitrogens with two attached hydrogens (primary N) is 2. The second-order valence-electron chi connectivity index (χ2n) is 7.28. The van der Waals surface area contributed by atoms with Gasteiger partial charge >= 0.3 is 0 Å². The average Bonchev–Trinajstić information content (AvgIpc) is 3.23. The minimum atomic E-state index is 0.700. The molecule has 2 aromatic carbocycles. The molecule has 0 fully saturated rings. The quantitative estimate of drug-likeness (QED) is 0.383. The lowest BCUT2D eigenvalue weighted by atomic mass is 9.84. The zero-order chi connectivity index (χ0) is 19.1. The van der Waals surface area contributed by atoms with E-state index in [1.165, 1.54) is 17.5 Å². The zero-order valence-electron chi connectivity index (χ0n) is 15.6. The summed E-state index contributed by atoms with van der Waals surface area (Å²) in [6, 6.07) is 14.2. The molecular formula is C23H22N5+. The molecule has 5 rings (SSSR count). The highest BCUT2D eigenvalue weighted by Crippen LogP contribution is 2.39. The molecule has 2 heterocycles. The number of nitrogens with one attached hydrogen (secondary N) is 1. The van der Waals surface area contributed by atoms with E-state index in [2.05, 4.69) is 22.3 Å². The van der Waals surface area contributed by atoms with Crippen molar-refractivity contribution in [2.75, 3.05) is 5.73 Å². The largest absolute Gasteiger partial charge is 0.398 e. The van der Waals surface area contributed by atoms with E-state index in [0.717, 1.165) is 58.2 Å². The minimum Gasteiger partial charge on any atom is -0.398 e. The Morgan fingerprint density at radius 1 is 1.00 bits per heavy atom. The van der Waals surface area contributed by atoms with E-state index in [1.807, 2.05) is 36.5 Å². The molecule has 1 aliphatic carbocycles. The van der Waals surface area contributed by atoms with Gasteiger partial charge in [-0.2, -0.15) is 5.10 Å². The lowest BCUT2D eigenvalue weighted by Gasteiger charge is -2.22. The molecule has 5 heteroatoms. The monoisotopic (exact) mass is 368 g/mol. The van der Waals surface area contributed by atoms with Gasteiger partial charge in [0, 0.05) is 22.2 Å². The maximum atomic E-state index is 6.21. The van der Waals surface area contributed by atoms with E-state index in [9.17, 15) is 0 Å². The molecular weight excluding hydrogens is 346 g/mol. The second-order valence-corrected chi connectivity index (χ2v) is 7.28. The zero-order valence-corrected chi connectivity index (χ0v) is 15.6. The van der Waals surface area contributed by atoms with E-state index in [0.29, 0.717) is 5.69 Å². The van der Waals surface area contributed by atoms with Gasteiger partial charge < -0.3 is 5.73 Å². The fourth-order valence-corrected chi connectivity index (χ4v) is 4.36. The molecule has 0 saturated heterocycles. The molecule has 5 nitrogen and oxygen atoms in total. The van der Waals surface area contributed by atoms with Crippen molar-refractivity contribution in [2.24, 2.45) is 0 Å². The molecule has 0 spiro atoms. The van der Waals surface area contributed by atoms with Gasteiger partial charge in [-0.25, -0.2) is 4.98 Å². The van der Waals surface area contributed by atoms with Crippen molar-refractivity contribution in [3.63, 3.8) is 0 Å². The van der Waals surface area contributed by atoms with Crippen molar-refractivity contribution in [1.82, 2.24) is 15.2 Å². The topological polar surface area (TPSA) is 93.2 Å². The molecule has 0 aliphatic heterocycles. The highest BCUT2D eigenvalue weighted by Gasteiger charge is 2.24. The van der Waals surface area contributed by atoms with Crippen molar-refractivity contribution in [1.29, 1.82) is 0 Å². The number of H-pyrrole nitrogens is 1. The maximum Gasteiger partial charge on any atom is 0.170 e. The predicted octanol–water partition coefficient (Wildman–Crippen LogP) is 2.93. The Balaban J connectivity index is 1.82. The summed E-state index contributed by atoms with van der Waals surface area (Å²) >= 11 is 0. The standard InChI is InChI=1S/C23H21N5/c24-12-17-19(25)10-11-20-21(17)15-8-4-5-9-16(15)23(27-20)18-13-26-28-22(18)14-6-2-1-3-7-14/h1-3,6-7,10-13,24H,4-5,8-9,25H2,(H,26,28)/p+1. The van der Waals surface area contributed by atoms with Crippen LogP contribution in [-0.2, 0) is 12.8 Å². The summed E-state index contributed by atoms with van der Waals surface area (Å²) < 4.78 is 0. The molecule has 0 atom stereocenters. The predicted molar refractivity (Wildman–Crippen MR) is 113 cm³/mol. The molecule has 138 valence electrons. The third-order valence-electron chi connectivity index (χ3n) is 5.67. The van der Waals surface area contributed by atoms with Crippen LogP contribution in [0.15, 0.2) is 48.7 Å². The van der Waals surface area contributed by atoms with E-state index < -0.39 is 0 Å². The fourth-order valence-electron chi connectivity index (χ4n) is 4.36. The first-order valence-electron chi connectivity index (χ1n) is 9.66. The van der Waals surface area contributed by atoms with Gasteiger partial charge in [0.15, 0.2) is 6.21 Å². The number of aromatic nitrogens is 3. The van der Waals surface area contributed by atoms with Crippen LogP contribution in [0, 0.1) is 0 Å². The Morgan fingerprint density at radius 2 is 1.79 bits per heavy atom. The minimum absolute atomic E-state index is 0.700. The molecule has 2 aromatic heterocycles. The van der Waals surface area contributed by atoms with Gasteiger partial charge in [0.25, 0.3) is 0 Å². The number of rotatable bonds is 3. The van der Waals surface area contributed by atoms with Crippen LogP contribution in [-0.4, -0.2) is 21.4 Å². The number of fused-ring (bicyclic) bond motifs is 3. The lowest BCUT2D eigenvalue weighted by molar-refractivity contribution is -0.104. The lowest BCUT2D eigenvalue weighted by Crippen LogP contribution is -2.30. The highest BCUT2D eigenvalue weighted by atomic mass is 15.1. The first-order valence-corrected chi connectivity index (χ1v) is 9.66. The summed E-state index contributed by atoms with van der Waals surface area (Å²) in [4.78, 5) is 5.08. The molecule has 0 unspecified atom stereocenters. The maximum absolute atomic E-state index is 6.21. The number of hydrogen-bond acceptors (Lipinski definition) is 3. The summed E-state index contributed by atoms with van der Waals surface area (Å²) in [7, 11) is 0. The van der Waals surface area contributed by atoms with Crippen LogP contribution < -0.4 is 11.1 Å². The number of aryl methyl sites for hydroxylation is 1. The fraction of sp³-hybridized carbons (Fsp3) is 0.174. The number of hydrogen-bond donors (Lipinski definition) is 3. The third kappa shape index (κ3) is 2.51. The molecule has 0 saturated carbocycles. The summed E-state index contributed by atoms with van der Waals surface area (Å²) in [5, 5.41) is 14.5. The van der Waals surface area contributed by atoms with Crippen LogP contribution in [0.25, 0.3) is 33.4 Å². The van der Waals surface area contributed by atoms with Crippen LogP contribution >= 0.6 is 0 Å². The molecule has 0 radical (unpaired) electrons. The first-order chi connectivity index (χ1) is 13.8. The van der Waals surface area contributed by atoms with E-state index in [4.69, 9.17) is 16.1 Å². The van der Waals surface area contributed by atoms with Gasteiger partial charge in [0.2, 0.25) is 0 Å². The van der Waals surface area contributed by atoms with Crippen molar-refractivity contribution in [3.05, 3.63) is 65.4 Å². The van der Waals surface area contributed by atoms with Crippen molar-refractivity contribution in [2.45, 2.75) is 25.7 Å². The first kappa shape index (κ1) is 16.7. The molecule has 1 aliphatic rings. The van der Waals surface area contributed by atoms with Crippen molar-refractivity contribution < 1.29 is 5.41 Å². The number of nitrogens with zero attached hydrogens (tertiary/aromatic N) is 2. The van der Waals surface area contributed by atoms with Crippen LogP contribution in [0.5, 0.6) is 0 Å². The molecule has 5 N–H and O–H groups in total. The van der Waals surface area contributed by atoms with E-state index in [1.54, 1.807) is 6.21 Å². The second kappa shape index (κ2) is 6.60. The Morgan fingerprint density at radius 3 is 2.57 bits per heavy atom. The number of anilines is 1. The van der Waals surface area contributed by atoms with Gasteiger partial charge in [-0.15, -0.1) is 0 Å². The molecule has 28 heavy (non-hydrogen) atoms.